The van der Waals surface area contributed by atoms with Crippen molar-refractivity contribution in [1.29, 1.82) is 0 Å². The van der Waals surface area contributed by atoms with Gasteiger partial charge in [0.1, 0.15) is 0 Å². The molecule has 0 saturated carbocycles. The molecule has 0 aromatic heterocycles. The Balaban J connectivity index is 3.11. The molecule has 104 valence electrons. The van der Waals surface area contributed by atoms with E-state index in [4.69, 9.17) is 9.29 Å². The van der Waals surface area contributed by atoms with Crippen molar-refractivity contribution in [2.24, 2.45) is 0 Å². The Morgan fingerprint density at radius 2 is 1.95 bits per heavy atom. The maximum atomic E-state index is 12.0. The predicted octanol–water partition coefficient (Wildman–Crippen LogP) is 2.12. The van der Waals surface area contributed by atoms with Crippen LogP contribution in [0.1, 0.15) is 18.9 Å². The summed E-state index contributed by atoms with van der Waals surface area (Å²) in [6.07, 6.45) is 1.19. The third-order valence-electron chi connectivity index (χ3n) is 2.59. The molecule has 1 aromatic carbocycles. The van der Waals surface area contributed by atoms with Crippen LogP contribution in [0.15, 0.2) is 41.8 Å². The molecular formula is C13H16O5S. The summed E-state index contributed by atoms with van der Waals surface area (Å²) in [6, 6.07) is 5.98. The van der Waals surface area contributed by atoms with E-state index in [1.165, 1.54) is 25.1 Å². The van der Waals surface area contributed by atoms with E-state index in [0.717, 1.165) is 5.56 Å². The van der Waals surface area contributed by atoms with Gasteiger partial charge in [-0.15, -0.1) is 6.58 Å². The van der Waals surface area contributed by atoms with E-state index in [9.17, 15) is 13.2 Å². The van der Waals surface area contributed by atoms with Crippen LogP contribution in [0.5, 0.6) is 0 Å². The van der Waals surface area contributed by atoms with E-state index in [0.29, 0.717) is 0 Å². The van der Waals surface area contributed by atoms with Crippen LogP contribution in [0.4, 0.5) is 0 Å². The van der Waals surface area contributed by atoms with Crippen LogP contribution in [-0.2, 0) is 19.1 Å². The lowest BCUT2D eigenvalue weighted by atomic mass is 10.0. The fourth-order valence-electron chi connectivity index (χ4n) is 1.43. The summed E-state index contributed by atoms with van der Waals surface area (Å²) in [7, 11) is -4.13. The first-order valence-electron chi connectivity index (χ1n) is 5.58. The van der Waals surface area contributed by atoms with Crippen LogP contribution >= 0.6 is 0 Å². The Kier molecular flexibility index (Phi) is 4.49. The van der Waals surface area contributed by atoms with Gasteiger partial charge in [0.25, 0.3) is 10.1 Å². The van der Waals surface area contributed by atoms with E-state index in [1.807, 2.05) is 6.92 Å². The van der Waals surface area contributed by atoms with Crippen LogP contribution in [0.3, 0.4) is 0 Å². The monoisotopic (exact) mass is 284 g/mol. The third-order valence-corrected chi connectivity index (χ3v) is 4.03. The van der Waals surface area contributed by atoms with Crippen molar-refractivity contribution < 1.29 is 22.5 Å². The van der Waals surface area contributed by atoms with E-state index in [-0.39, 0.29) is 11.3 Å². The number of hydrogen-bond donors (Lipinski definition) is 1. The van der Waals surface area contributed by atoms with Gasteiger partial charge in [-0.2, -0.15) is 8.42 Å². The molecule has 1 atom stereocenters. The highest BCUT2D eigenvalue weighted by Crippen LogP contribution is 2.24. The number of carboxylic acid groups (broad SMARTS) is 1. The van der Waals surface area contributed by atoms with Gasteiger partial charge in [0.2, 0.25) is 0 Å². The van der Waals surface area contributed by atoms with Gasteiger partial charge >= 0.3 is 5.97 Å². The van der Waals surface area contributed by atoms with Crippen LogP contribution in [0, 0.1) is 6.92 Å². The number of aryl methyl sites for hydroxylation is 1. The molecule has 0 saturated heterocycles. The number of carboxylic acids is 1. The minimum atomic E-state index is -4.13. The fourth-order valence-corrected chi connectivity index (χ4v) is 2.62. The van der Waals surface area contributed by atoms with Gasteiger partial charge in [0, 0.05) is 6.42 Å². The van der Waals surface area contributed by atoms with E-state index in [2.05, 4.69) is 6.58 Å². The molecular weight excluding hydrogens is 268 g/mol. The topological polar surface area (TPSA) is 80.7 Å². The molecule has 0 bridgehead atoms. The molecule has 0 radical (unpaired) electrons. The first-order chi connectivity index (χ1) is 8.71. The number of hydrogen-bond acceptors (Lipinski definition) is 4. The van der Waals surface area contributed by atoms with E-state index >= 15 is 0 Å². The van der Waals surface area contributed by atoms with Crippen molar-refractivity contribution in [3.05, 3.63) is 42.5 Å². The van der Waals surface area contributed by atoms with Gasteiger partial charge < -0.3 is 5.11 Å². The zero-order valence-corrected chi connectivity index (χ0v) is 11.6. The van der Waals surface area contributed by atoms with Crippen molar-refractivity contribution >= 4 is 16.1 Å². The molecule has 0 aliphatic rings. The van der Waals surface area contributed by atoms with E-state index in [1.54, 1.807) is 12.1 Å². The summed E-state index contributed by atoms with van der Waals surface area (Å²) in [6.45, 7) is 6.42. The lowest BCUT2D eigenvalue weighted by Crippen LogP contribution is -2.39. The summed E-state index contributed by atoms with van der Waals surface area (Å²) in [5.74, 6) is -1.36. The second-order valence-corrected chi connectivity index (χ2v) is 5.93. The largest absolute Gasteiger partial charge is 0.479 e. The minimum absolute atomic E-state index is 0.0744. The molecule has 0 amide bonds. The maximum absolute atomic E-state index is 12.0. The summed E-state index contributed by atoms with van der Waals surface area (Å²) < 4.78 is 28.9. The molecule has 6 heteroatoms. The first kappa shape index (κ1) is 15.4. The molecule has 1 aromatic rings. The number of aliphatic carboxylic acids is 1. The van der Waals surface area contributed by atoms with Crippen LogP contribution < -0.4 is 0 Å². The lowest BCUT2D eigenvalue weighted by molar-refractivity contribution is -0.153. The Hall–Kier alpha value is -1.66. The van der Waals surface area contributed by atoms with Crippen LogP contribution in [-0.4, -0.2) is 25.1 Å². The fraction of sp³-hybridized carbons (Fsp3) is 0.308. The van der Waals surface area contributed by atoms with Gasteiger partial charge in [-0.1, -0.05) is 23.8 Å². The summed E-state index contributed by atoms with van der Waals surface area (Å²) in [4.78, 5) is 11.1. The van der Waals surface area contributed by atoms with Crippen molar-refractivity contribution in [2.75, 3.05) is 0 Å². The molecule has 1 N–H and O–H groups in total. The van der Waals surface area contributed by atoms with Crippen molar-refractivity contribution in [1.82, 2.24) is 0 Å². The normalized spacial score (nSPS) is 14.6. The van der Waals surface area contributed by atoms with Crippen LogP contribution in [0.2, 0.25) is 0 Å². The van der Waals surface area contributed by atoms with Gasteiger partial charge in [0.15, 0.2) is 5.60 Å². The molecule has 0 spiro atoms. The maximum Gasteiger partial charge on any atom is 0.337 e. The minimum Gasteiger partial charge on any atom is -0.479 e. The average Bonchev–Trinajstić information content (AvgIpc) is 2.28. The molecule has 0 aliphatic carbocycles. The molecule has 0 fully saturated rings. The number of benzene rings is 1. The predicted molar refractivity (Wildman–Crippen MR) is 70.3 cm³/mol. The summed E-state index contributed by atoms with van der Waals surface area (Å²) in [5, 5.41) is 9.08. The van der Waals surface area contributed by atoms with Crippen molar-refractivity contribution in [3.8, 4) is 0 Å². The van der Waals surface area contributed by atoms with Gasteiger partial charge in [0.05, 0.1) is 4.90 Å². The molecule has 0 heterocycles. The molecule has 1 unspecified atom stereocenters. The highest BCUT2D eigenvalue weighted by molar-refractivity contribution is 7.86. The number of rotatable bonds is 6. The third kappa shape index (κ3) is 3.65. The Morgan fingerprint density at radius 3 is 2.37 bits per heavy atom. The van der Waals surface area contributed by atoms with Crippen molar-refractivity contribution in [3.63, 3.8) is 0 Å². The molecule has 1 rings (SSSR count). The summed E-state index contributed by atoms with van der Waals surface area (Å²) >= 11 is 0. The van der Waals surface area contributed by atoms with Gasteiger partial charge in [-0.05, 0) is 26.0 Å². The zero-order valence-electron chi connectivity index (χ0n) is 10.8. The zero-order chi connectivity index (χ0) is 14.7. The molecule has 0 aliphatic heterocycles. The molecule has 5 nitrogen and oxygen atoms in total. The second kappa shape index (κ2) is 5.54. The first-order valence-corrected chi connectivity index (χ1v) is 6.99. The SMILES string of the molecule is C=CCC(C)(OS(=O)(=O)c1ccc(C)cc1)C(=O)O. The van der Waals surface area contributed by atoms with Gasteiger partial charge in [-0.3, -0.25) is 0 Å². The highest BCUT2D eigenvalue weighted by Gasteiger charge is 2.38. The van der Waals surface area contributed by atoms with Gasteiger partial charge in [-0.25, -0.2) is 8.98 Å². The Morgan fingerprint density at radius 1 is 1.42 bits per heavy atom. The second-order valence-electron chi connectivity index (χ2n) is 4.38. The molecule has 19 heavy (non-hydrogen) atoms. The van der Waals surface area contributed by atoms with E-state index < -0.39 is 21.7 Å². The van der Waals surface area contributed by atoms with Crippen molar-refractivity contribution in [2.45, 2.75) is 30.8 Å². The lowest BCUT2D eigenvalue weighted by Gasteiger charge is -2.22. The highest BCUT2D eigenvalue weighted by atomic mass is 32.2. The Labute approximate surface area is 112 Å². The number of carbonyl (C=O) groups is 1. The Bertz CT molecular complexity index is 574. The quantitative estimate of drug-likeness (QED) is 0.639. The smallest absolute Gasteiger partial charge is 0.337 e. The standard InChI is InChI=1S/C13H16O5S/c1-4-9-13(3,12(14)15)18-19(16,17)11-7-5-10(2)6-8-11/h4-8H,1,9H2,2-3H3,(H,14,15). The average molecular weight is 284 g/mol. The summed E-state index contributed by atoms with van der Waals surface area (Å²) in [5.41, 5.74) is -0.961. The van der Waals surface area contributed by atoms with Crippen LogP contribution in [0.25, 0.3) is 0 Å².